The Labute approximate surface area is 143 Å². The van der Waals surface area contributed by atoms with Crippen molar-refractivity contribution < 1.29 is 19.6 Å². The monoisotopic (exact) mass is 343 g/mol. The van der Waals surface area contributed by atoms with Gasteiger partial charge in [0.1, 0.15) is 5.75 Å². The minimum atomic E-state index is -0.807. The van der Waals surface area contributed by atoms with E-state index >= 15 is 0 Å². The van der Waals surface area contributed by atoms with Crippen LogP contribution in [0.2, 0.25) is 0 Å². The lowest BCUT2D eigenvalue weighted by molar-refractivity contribution is -0.398. The molecule has 2 aromatic rings. The quantitative estimate of drug-likeness (QED) is 0.481. The first kappa shape index (κ1) is 17.9. The van der Waals surface area contributed by atoms with Crippen LogP contribution in [0, 0.1) is 17.0 Å². The van der Waals surface area contributed by atoms with Gasteiger partial charge in [0.25, 0.3) is 11.6 Å². The Morgan fingerprint density at radius 1 is 1.44 bits per heavy atom. The fourth-order valence-electron chi connectivity index (χ4n) is 1.91. The zero-order valence-corrected chi connectivity index (χ0v) is 13.6. The molecule has 0 bridgehead atoms. The summed E-state index contributed by atoms with van der Waals surface area (Å²) in [6.07, 6.45) is 2.60. The van der Waals surface area contributed by atoms with Gasteiger partial charge in [-0.3, -0.25) is 19.9 Å². The van der Waals surface area contributed by atoms with Gasteiger partial charge >= 0.3 is 0 Å². The predicted octanol–water partition coefficient (Wildman–Crippen LogP) is 1.53. The normalized spacial score (nSPS) is 10.6. The number of hydrogen-bond donors (Lipinski definition) is 1. The number of nitrogens with zero attached hydrogens (tertiary/aromatic N) is 3. The van der Waals surface area contributed by atoms with Gasteiger partial charge < -0.3 is 9.84 Å². The lowest BCUT2D eigenvalue weighted by Crippen LogP contribution is -2.17. The highest BCUT2D eigenvalue weighted by atomic mass is 16.6. The van der Waals surface area contributed by atoms with E-state index in [0.717, 1.165) is 11.8 Å². The molecule has 0 radical (unpaired) electrons. The number of hydrogen-bond acceptors (Lipinski definition) is 7. The van der Waals surface area contributed by atoms with Crippen molar-refractivity contribution in [1.29, 1.82) is 0 Å². The molecule has 0 aliphatic heterocycles. The Morgan fingerprint density at radius 3 is 2.80 bits per heavy atom. The SMILES string of the molecule is CCOc1cc(/C=N/NC(=O)c2ccc(C)nc2)cc([N+](=O)[O-])c1[O-]. The fraction of sp³-hybridized carbons (Fsp3) is 0.188. The average molecular weight is 343 g/mol. The number of hydrazone groups is 1. The molecule has 1 aromatic heterocycles. The second-order valence-corrected chi connectivity index (χ2v) is 4.94. The standard InChI is InChI=1S/C16H16N4O5/c1-3-25-14-7-11(6-13(15(14)21)20(23)24)8-18-19-16(22)12-5-4-10(2)17-9-12/h4-9,21H,3H2,1-2H3,(H,19,22)/p-1/b18-8+. The fourth-order valence-corrected chi connectivity index (χ4v) is 1.91. The topological polar surface area (TPSA) is 130 Å². The molecular formula is C16H15N4O5-. The van der Waals surface area contributed by atoms with Crippen LogP contribution < -0.4 is 15.3 Å². The van der Waals surface area contributed by atoms with Crippen molar-refractivity contribution >= 4 is 17.8 Å². The van der Waals surface area contributed by atoms with E-state index in [2.05, 4.69) is 15.5 Å². The van der Waals surface area contributed by atoms with E-state index in [1.165, 1.54) is 18.5 Å². The number of ether oxygens (including phenoxy) is 1. The van der Waals surface area contributed by atoms with Crippen LogP contribution >= 0.6 is 0 Å². The van der Waals surface area contributed by atoms with E-state index < -0.39 is 22.3 Å². The van der Waals surface area contributed by atoms with E-state index in [4.69, 9.17) is 4.74 Å². The maximum Gasteiger partial charge on any atom is 0.272 e. The number of nitrogens with one attached hydrogen (secondary N) is 1. The number of benzene rings is 1. The molecular weight excluding hydrogens is 328 g/mol. The number of aromatic nitrogens is 1. The molecule has 0 spiro atoms. The van der Waals surface area contributed by atoms with Gasteiger partial charge in [-0.25, -0.2) is 5.43 Å². The summed E-state index contributed by atoms with van der Waals surface area (Å²) in [4.78, 5) is 26.1. The van der Waals surface area contributed by atoms with Crippen LogP contribution in [-0.4, -0.2) is 28.6 Å². The number of aryl methyl sites for hydroxylation is 1. The van der Waals surface area contributed by atoms with E-state index in [9.17, 15) is 20.0 Å². The highest BCUT2D eigenvalue weighted by molar-refractivity contribution is 5.94. The zero-order chi connectivity index (χ0) is 18.4. The van der Waals surface area contributed by atoms with Gasteiger partial charge in [-0.05, 0) is 32.0 Å². The molecule has 0 atom stereocenters. The first-order chi connectivity index (χ1) is 11.9. The van der Waals surface area contributed by atoms with Gasteiger partial charge in [0, 0.05) is 29.3 Å². The van der Waals surface area contributed by atoms with E-state index in [-0.39, 0.29) is 17.9 Å². The number of nitro groups is 1. The maximum atomic E-state index is 11.9. The number of amides is 1. The van der Waals surface area contributed by atoms with Crippen molar-refractivity contribution in [1.82, 2.24) is 10.4 Å². The number of carbonyl (C=O) groups excluding carboxylic acids is 1. The summed E-state index contributed by atoms with van der Waals surface area (Å²) in [5.41, 5.74) is 3.00. The molecule has 0 fully saturated rings. The van der Waals surface area contributed by atoms with Crippen LogP contribution in [0.1, 0.15) is 28.5 Å². The van der Waals surface area contributed by atoms with Gasteiger partial charge in [-0.1, -0.05) is 0 Å². The molecule has 2 rings (SSSR count). The molecule has 1 aromatic carbocycles. The molecule has 1 amide bonds. The Morgan fingerprint density at radius 2 is 2.20 bits per heavy atom. The van der Waals surface area contributed by atoms with Crippen molar-refractivity contribution in [2.45, 2.75) is 13.8 Å². The van der Waals surface area contributed by atoms with Crippen LogP contribution in [0.3, 0.4) is 0 Å². The molecule has 0 aliphatic carbocycles. The van der Waals surface area contributed by atoms with Gasteiger partial charge in [0.05, 0.1) is 23.3 Å². The van der Waals surface area contributed by atoms with Crippen molar-refractivity contribution in [3.05, 3.63) is 57.4 Å². The van der Waals surface area contributed by atoms with Crippen molar-refractivity contribution in [3.8, 4) is 11.5 Å². The molecule has 0 saturated heterocycles. The number of nitro benzene ring substituents is 1. The highest BCUT2D eigenvalue weighted by Gasteiger charge is 2.13. The van der Waals surface area contributed by atoms with E-state index in [0.29, 0.717) is 5.56 Å². The molecule has 1 heterocycles. The molecule has 130 valence electrons. The summed E-state index contributed by atoms with van der Waals surface area (Å²) in [6, 6.07) is 5.66. The van der Waals surface area contributed by atoms with Crippen molar-refractivity contribution in [2.24, 2.45) is 5.10 Å². The minimum Gasteiger partial charge on any atom is -0.865 e. The Kier molecular flexibility index (Phi) is 5.62. The van der Waals surface area contributed by atoms with Gasteiger partial charge in [0.2, 0.25) is 0 Å². The van der Waals surface area contributed by atoms with Gasteiger partial charge in [-0.15, -0.1) is 0 Å². The highest BCUT2D eigenvalue weighted by Crippen LogP contribution is 2.34. The third-order valence-electron chi connectivity index (χ3n) is 3.11. The Balaban J connectivity index is 2.18. The number of pyridine rings is 1. The summed E-state index contributed by atoms with van der Waals surface area (Å²) >= 11 is 0. The molecule has 9 heteroatoms. The number of rotatable bonds is 6. The predicted molar refractivity (Wildman–Crippen MR) is 87.7 cm³/mol. The first-order valence-corrected chi connectivity index (χ1v) is 7.30. The van der Waals surface area contributed by atoms with Gasteiger partial charge in [-0.2, -0.15) is 5.10 Å². The summed E-state index contributed by atoms with van der Waals surface area (Å²) < 4.78 is 5.10. The van der Waals surface area contributed by atoms with Gasteiger partial charge in [0.15, 0.2) is 0 Å². The summed E-state index contributed by atoms with van der Waals surface area (Å²) in [5, 5.41) is 26.6. The first-order valence-electron chi connectivity index (χ1n) is 7.30. The van der Waals surface area contributed by atoms with Crippen LogP contribution in [0.5, 0.6) is 11.5 Å². The Bertz CT molecular complexity index is 818. The second-order valence-electron chi connectivity index (χ2n) is 4.94. The molecule has 0 saturated carbocycles. The second kappa shape index (κ2) is 7.86. The summed E-state index contributed by atoms with van der Waals surface area (Å²) in [7, 11) is 0. The number of carbonyl (C=O) groups is 1. The molecule has 9 nitrogen and oxygen atoms in total. The van der Waals surface area contributed by atoms with Crippen LogP contribution in [0.4, 0.5) is 5.69 Å². The van der Waals surface area contributed by atoms with Crippen molar-refractivity contribution in [3.63, 3.8) is 0 Å². The third-order valence-corrected chi connectivity index (χ3v) is 3.11. The zero-order valence-electron chi connectivity index (χ0n) is 13.6. The maximum absolute atomic E-state index is 11.9. The lowest BCUT2D eigenvalue weighted by atomic mass is 10.2. The molecule has 25 heavy (non-hydrogen) atoms. The Hall–Kier alpha value is -3.49. The van der Waals surface area contributed by atoms with Crippen LogP contribution in [0.15, 0.2) is 35.6 Å². The van der Waals surface area contributed by atoms with Crippen LogP contribution in [0.25, 0.3) is 0 Å². The van der Waals surface area contributed by atoms with E-state index in [1.54, 1.807) is 26.0 Å². The smallest absolute Gasteiger partial charge is 0.272 e. The molecule has 1 N–H and O–H groups in total. The summed E-state index contributed by atoms with van der Waals surface area (Å²) in [6.45, 7) is 3.63. The van der Waals surface area contributed by atoms with Crippen molar-refractivity contribution in [2.75, 3.05) is 6.61 Å². The molecule has 0 unspecified atom stereocenters. The van der Waals surface area contributed by atoms with E-state index in [1.807, 2.05) is 0 Å². The minimum absolute atomic E-state index is 0.146. The lowest BCUT2D eigenvalue weighted by Gasteiger charge is -2.14. The molecule has 0 aliphatic rings. The summed E-state index contributed by atoms with van der Waals surface area (Å²) in [5.74, 6) is -1.44. The van der Waals surface area contributed by atoms with Crippen LogP contribution in [-0.2, 0) is 0 Å². The largest absolute Gasteiger partial charge is 0.865 e. The third kappa shape index (κ3) is 4.50. The average Bonchev–Trinajstić information content (AvgIpc) is 2.58.